The SMILES string of the molecule is CCOC(=O)Cn1c(=NS(=O)(=O)c2ccc(F)cc2)sc2cc(C(=O)OCC)ccc21. The highest BCUT2D eigenvalue weighted by molar-refractivity contribution is 7.90. The minimum Gasteiger partial charge on any atom is -0.465 e. The van der Waals surface area contributed by atoms with Gasteiger partial charge in [0, 0.05) is 0 Å². The largest absolute Gasteiger partial charge is 0.465 e. The zero-order valence-corrected chi connectivity index (χ0v) is 18.3. The van der Waals surface area contributed by atoms with Gasteiger partial charge in [-0.05, 0) is 56.3 Å². The first-order valence-electron chi connectivity index (χ1n) is 9.28. The van der Waals surface area contributed by atoms with E-state index in [2.05, 4.69) is 4.40 Å². The molecule has 0 N–H and O–H groups in total. The molecule has 0 bridgehead atoms. The number of thiazole rings is 1. The van der Waals surface area contributed by atoms with E-state index in [0.29, 0.717) is 10.2 Å². The molecular weight excluding hydrogens is 447 g/mol. The minimum absolute atomic E-state index is 0.00777. The fourth-order valence-corrected chi connectivity index (χ4v) is 5.01. The van der Waals surface area contributed by atoms with Crippen LogP contribution in [0.25, 0.3) is 10.2 Å². The summed E-state index contributed by atoms with van der Waals surface area (Å²) in [5.41, 5.74) is 0.783. The van der Waals surface area contributed by atoms with Gasteiger partial charge in [0.25, 0.3) is 10.0 Å². The third-order valence-electron chi connectivity index (χ3n) is 4.10. The molecule has 3 rings (SSSR count). The van der Waals surface area contributed by atoms with Gasteiger partial charge < -0.3 is 14.0 Å². The number of carbonyl (C=O) groups is 2. The van der Waals surface area contributed by atoms with Crippen LogP contribution in [0.4, 0.5) is 4.39 Å². The topological polar surface area (TPSA) is 104 Å². The lowest BCUT2D eigenvalue weighted by atomic mass is 10.2. The van der Waals surface area contributed by atoms with Gasteiger partial charge in [-0.25, -0.2) is 9.18 Å². The Labute approximate surface area is 181 Å². The summed E-state index contributed by atoms with van der Waals surface area (Å²) < 4.78 is 54.4. The standard InChI is InChI=1S/C20H19FN2O6S2/c1-3-28-18(24)12-23-16-10-5-13(19(25)29-4-2)11-17(16)30-20(23)22-31(26,27)15-8-6-14(21)7-9-15/h5-11H,3-4,12H2,1-2H3. The van der Waals surface area contributed by atoms with Crippen LogP contribution in [0.3, 0.4) is 0 Å². The van der Waals surface area contributed by atoms with Crippen molar-refractivity contribution in [1.82, 2.24) is 4.57 Å². The number of hydrogen-bond donors (Lipinski definition) is 0. The predicted molar refractivity (Wildman–Crippen MR) is 112 cm³/mol. The monoisotopic (exact) mass is 466 g/mol. The molecule has 0 aliphatic rings. The Morgan fingerprint density at radius 3 is 2.39 bits per heavy atom. The molecule has 31 heavy (non-hydrogen) atoms. The van der Waals surface area contributed by atoms with Crippen LogP contribution < -0.4 is 4.80 Å². The van der Waals surface area contributed by atoms with E-state index in [1.54, 1.807) is 26.0 Å². The fourth-order valence-electron chi connectivity index (χ4n) is 2.74. The van der Waals surface area contributed by atoms with Crippen LogP contribution in [0.1, 0.15) is 24.2 Å². The summed E-state index contributed by atoms with van der Waals surface area (Å²) in [7, 11) is -4.18. The summed E-state index contributed by atoms with van der Waals surface area (Å²) in [5.74, 6) is -1.67. The average Bonchev–Trinajstić information content (AvgIpc) is 3.04. The molecule has 0 aliphatic carbocycles. The van der Waals surface area contributed by atoms with Gasteiger partial charge in [-0.3, -0.25) is 4.79 Å². The first-order chi connectivity index (χ1) is 14.7. The summed E-state index contributed by atoms with van der Waals surface area (Å²) in [5, 5.41) is 0. The lowest BCUT2D eigenvalue weighted by Gasteiger charge is -2.06. The molecule has 11 heteroatoms. The van der Waals surface area contributed by atoms with Crippen molar-refractivity contribution in [2.75, 3.05) is 13.2 Å². The molecule has 0 spiro atoms. The van der Waals surface area contributed by atoms with Crippen LogP contribution in [0, 0.1) is 5.82 Å². The lowest BCUT2D eigenvalue weighted by Crippen LogP contribution is -2.23. The number of benzene rings is 2. The Kier molecular flexibility index (Phi) is 6.86. The van der Waals surface area contributed by atoms with Gasteiger partial charge in [0.15, 0.2) is 0 Å². The number of halogens is 1. The molecule has 2 aromatic carbocycles. The molecule has 0 radical (unpaired) electrons. The molecule has 3 aromatic rings. The molecule has 1 aromatic heterocycles. The van der Waals surface area contributed by atoms with Gasteiger partial charge in [-0.2, -0.15) is 8.42 Å². The van der Waals surface area contributed by atoms with E-state index in [1.165, 1.54) is 10.6 Å². The summed E-state index contributed by atoms with van der Waals surface area (Å²) in [6.45, 7) is 3.44. The second kappa shape index (κ2) is 9.40. The minimum atomic E-state index is -4.18. The number of nitrogens with zero attached hydrogens (tertiary/aromatic N) is 2. The van der Waals surface area contributed by atoms with E-state index in [1.807, 2.05) is 0 Å². The lowest BCUT2D eigenvalue weighted by molar-refractivity contribution is -0.143. The van der Waals surface area contributed by atoms with E-state index < -0.39 is 27.8 Å². The van der Waals surface area contributed by atoms with Crippen molar-refractivity contribution in [1.29, 1.82) is 0 Å². The normalized spacial score (nSPS) is 12.2. The highest BCUT2D eigenvalue weighted by Crippen LogP contribution is 2.21. The van der Waals surface area contributed by atoms with Crippen molar-refractivity contribution in [2.45, 2.75) is 25.3 Å². The Hall–Kier alpha value is -3.05. The summed E-state index contributed by atoms with van der Waals surface area (Å²) in [6.07, 6.45) is 0. The molecule has 0 amide bonds. The highest BCUT2D eigenvalue weighted by Gasteiger charge is 2.18. The first-order valence-corrected chi connectivity index (χ1v) is 11.5. The molecule has 0 saturated heterocycles. The van der Waals surface area contributed by atoms with E-state index in [-0.39, 0.29) is 35.0 Å². The maximum absolute atomic E-state index is 13.2. The number of aromatic nitrogens is 1. The summed E-state index contributed by atoms with van der Waals surface area (Å²) in [4.78, 5) is 23.9. The van der Waals surface area contributed by atoms with E-state index in [9.17, 15) is 22.4 Å². The third-order valence-corrected chi connectivity index (χ3v) is 6.53. The smallest absolute Gasteiger partial charge is 0.338 e. The molecular formula is C20H19FN2O6S2. The zero-order chi connectivity index (χ0) is 22.6. The highest BCUT2D eigenvalue weighted by atomic mass is 32.2. The number of sulfonamides is 1. The van der Waals surface area contributed by atoms with Crippen LogP contribution in [-0.4, -0.2) is 38.1 Å². The van der Waals surface area contributed by atoms with Crippen molar-refractivity contribution in [3.63, 3.8) is 0 Å². The maximum Gasteiger partial charge on any atom is 0.338 e. The molecule has 8 nitrogen and oxygen atoms in total. The average molecular weight is 467 g/mol. The number of carbonyl (C=O) groups excluding carboxylic acids is 2. The number of rotatable bonds is 7. The Morgan fingerprint density at radius 1 is 1.06 bits per heavy atom. The molecule has 1 heterocycles. The van der Waals surface area contributed by atoms with Crippen molar-refractivity contribution in [3.05, 3.63) is 58.6 Å². The Bertz CT molecular complexity index is 1290. The fraction of sp³-hybridized carbons (Fsp3) is 0.250. The van der Waals surface area contributed by atoms with Crippen LogP contribution in [0.5, 0.6) is 0 Å². The Balaban J connectivity index is 2.17. The number of hydrogen-bond acceptors (Lipinski definition) is 7. The maximum atomic E-state index is 13.2. The van der Waals surface area contributed by atoms with E-state index >= 15 is 0 Å². The first kappa shape index (κ1) is 22.6. The van der Waals surface area contributed by atoms with Gasteiger partial charge in [-0.15, -0.1) is 4.40 Å². The predicted octanol–water partition coefficient (Wildman–Crippen LogP) is 2.87. The zero-order valence-electron chi connectivity index (χ0n) is 16.7. The van der Waals surface area contributed by atoms with Crippen molar-refractivity contribution in [2.24, 2.45) is 4.40 Å². The molecule has 0 unspecified atom stereocenters. The molecule has 0 aliphatic heterocycles. The van der Waals surface area contributed by atoms with Gasteiger partial charge in [0.1, 0.15) is 12.4 Å². The number of esters is 2. The van der Waals surface area contributed by atoms with Gasteiger partial charge in [0.2, 0.25) is 4.80 Å². The van der Waals surface area contributed by atoms with Crippen LogP contribution >= 0.6 is 11.3 Å². The van der Waals surface area contributed by atoms with Crippen LogP contribution in [0.2, 0.25) is 0 Å². The molecule has 0 saturated carbocycles. The van der Waals surface area contributed by atoms with Gasteiger partial charge in [0.05, 0.1) is 33.9 Å². The molecule has 0 fully saturated rings. The van der Waals surface area contributed by atoms with Crippen molar-refractivity contribution < 1.29 is 31.9 Å². The van der Waals surface area contributed by atoms with Gasteiger partial charge in [-0.1, -0.05) is 11.3 Å². The second-order valence-electron chi connectivity index (χ2n) is 6.20. The number of fused-ring (bicyclic) bond motifs is 1. The summed E-state index contributed by atoms with van der Waals surface area (Å²) in [6, 6.07) is 8.90. The van der Waals surface area contributed by atoms with E-state index in [4.69, 9.17) is 9.47 Å². The van der Waals surface area contributed by atoms with Crippen molar-refractivity contribution >= 4 is 43.5 Å². The molecule has 0 atom stereocenters. The van der Waals surface area contributed by atoms with Crippen LogP contribution in [-0.2, 0) is 30.8 Å². The second-order valence-corrected chi connectivity index (χ2v) is 8.81. The molecule has 164 valence electrons. The van der Waals surface area contributed by atoms with E-state index in [0.717, 1.165) is 35.6 Å². The summed E-state index contributed by atoms with van der Waals surface area (Å²) >= 11 is 0.986. The quantitative estimate of drug-likeness (QED) is 0.496. The van der Waals surface area contributed by atoms with Crippen molar-refractivity contribution in [3.8, 4) is 0 Å². The Morgan fingerprint density at radius 2 is 1.74 bits per heavy atom. The number of ether oxygens (including phenoxy) is 2. The van der Waals surface area contributed by atoms with Gasteiger partial charge >= 0.3 is 11.9 Å². The third kappa shape index (κ3) is 5.17. The van der Waals surface area contributed by atoms with Crippen LogP contribution in [0.15, 0.2) is 51.8 Å².